The fraction of sp³-hybridized carbons (Fsp3) is 0.214. The fourth-order valence-electron chi connectivity index (χ4n) is 2.02. The number of benzene rings is 1. The minimum atomic E-state index is -0.433. The summed E-state index contributed by atoms with van der Waals surface area (Å²) in [6, 6.07) is 8.17. The Morgan fingerprint density at radius 3 is 2.90 bits per heavy atom. The molecule has 0 aliphatic carbocycles. The zero-order valence-corrected chi connectivity index (χ0v) is 11.7. The van der Waals surface area contributed by atoms with Crippen molar-refractivity contribution in [3.63, 3.8) is 0 Å². The quantitative estimate of drug-likeness (QED) is 0.657. The number of ether oxygens (including phenoxy) is 1. The van der Waals surface area contributed by atoms with Crippen LogP contribution in [0.4, 0.5) is 4.39 Å². The average Bonchev–Trinajstić information content (AvgIpc) is 2.49. The minimum absolute atomic E-state index is 0.0939. The second-order valence-electron chi connectivity index (χ2n) is 4.24. The molecule has 20 heavy (non-hydrogen) atoms. The molecule has 6 heteroatoms. The maximum Gasteiger partial charge on any atom is 0.217 e. The summed E-state index contributed by atoms with van der Waals surface area (Å²) in [4.78, 5) is 4.11. The van der Waals surface area contributed by atoms with Gasteiger partial charge in [-0.3, -0.25) is 11.3 Å². The first-order valence-electron chi connectivity index (χ1n) is 6.05. The predicted octanol–water partition coefficient (Wildman–Crippen LogP) is 2.63. The van der Waals surface area contributed by atoms with Gasteiger partial charge in [-0.15, -0.1) is 0 Å². The van der Waals surface area contributed by atoms with E-state index in [1.54, 1.807) is 24.4 Å². The Kier molecular flexibility index (Phi) is 4.89. The molecule has 0 radical (unpaired) electrons. The van der Waals surface area contributed by atoms with Gasteiger partial charge in [0.25, 0.3) is 0 Å². The Morgan fingerprint density at radius 1 is 1.40 bits per heavy atom. The highest BCUT2D eigenvalue weighted by atomic mass is 35.5. The van der Waals surface area contributed by atoms with Crippen molar-refractivity contribution >= 4 is 11.6 Å². The van der Waals surface area contributed by atoms with Gasteiger partial charge in [0.05, 0.1) is 18.2 Å². The number of hydrogen-bond acceptors (Lipinski definition) is 4. The largest absolute Gasteiger partial charge is 0.481 e. The number of nitrogens with one attached hydrogen (secondary N) is 1. The van der Waals surface area contributed by atoms with E-state index in [1.165, 1.54) is 13.2 Å². The van der Waals surface area contributed by atoms with Crippen LogP contribution < -0.4 is 16.0 Å². The molecule has 106 valence electrons. The van der Waals surface area contributed by atoms with E-state index in [0.717, 1.165) is 5.56 Å². The summed E-state index contributed by atoms with van der Waals surface area (Å²) in [6.45, 7) is 0. The number of rotatable bonds is 5. The van der Waals surface area contributed by atoms with E-state index in [4.69, 9.17) is 22.2 Å². The molecule has 0 bridgehead atoms. The first kappa shape index (κ1) is 14.7. The third kappa shape index (κ3) is 3.07. The average molecular weight is 296 g/mol. The van der Waals surface area contributed by atoms with E-state index in [2.05, 4.69) is 10.4 Å². The van der Waals surface area contributed by atoms with Gasteiger partial charge in [-0.1, -0.05) is 29.8 Å². The van der Waals surface area contributed by atoms with E-state index in [0.29, 0.717) is 17.9 Å². The smallest absolute Gasteiger partial charge is 0.217 e. The highest BCUT2D eigenvalue weighted by molar-refractivity contribution is 6.30. The minimum Gasteiger partial charge on any atom is -0.481 e. The van der Waals surface area contributed by atoms with Crippen molar-refractivity contribution in [3.05, 3.63) is 58.5 Å². The molecule has 1 atom stereocenters. The van der Waals surface area contributed by atoms with Gasteiger partial charge in [-0.2, -0.15) is 0 Å². The number of halogens is 2. The Hall–Kier alpha value is -1.69. The third-order valence-corrected chi connectivity index (χ3v) is 3.32. The molecule has 4 nitrogen and oxygen atoms in total. The number of aromatic nitrogens is 1. The lowest BCUT2D eigenvalue weighted by Crippen LogP contribution is -2.30. The summed E-state index contributed by atoms with van der Waals surface area (Å²) in [5.74, 6) is 5.60. The summed E-state index contributed by atoms with van der Waals surface area (Å²) in [5.41, 5.74) is 3.90. The van der Waals surface area contributed by atoms with Crippen molar-refractivity contribution in [2.75, 3.05) is 7.11 Å². The molecule has 1 aromatic heterocycles. The Morgan fingerprint density at radius 2 is 2.20 bits per heavy atom. The number of nitrogens with two attached hydrogens (primary N) is 1. The zero-order valence-electron chi connectivity index (χ0n) is 10.9. The van der Waals surface area contributed by atoms with Gasteiger partial charge in [0.1, 0.15) is 5.82 Å². The number of pyridine rings is 1. The molecular weight excluding hydrogens is 281 g/mol. The lowest BCUT2D eigenvalue weighted by atomic mass is 10.00. The Balaban J connectivity index is 2.31. The first-order valence-corrected chi connectivity index (χ1v) is 6.43. The maximum atomic E-state index is 13.9. The molecule has 2 rings (SSSR count). The molecule has 0 aliphatic heterocycles. The summed E-state index contributed by atoms with van der Waals surface area (Å²) >= 11 is 5.78. The van der Waals surface area contributed by atoms with Crippen LogP contribution in [0.1, 0.15) is 17.2 Å². The number of hydrazine groups is 1. The van der Waals surface area contributed by atoms with Crippen LogP contribution >= 0.6 is 11.6 Å². The van der Waals surface area contributed by atoms with Gasteiger partial charge in [-0.05, 0) is 24.1 Å². The second-order valence-corrected chi connectivity index (χ2v) is 4.65. The normalized spacial score (nSPS) is 12.2. The van der Waals surface area contributed by atoms with Crippen molar-refractivity contribution in [1.82, 2.24) is 10.4 Å². The molecule has 1 heterocycles. The SMILES string of the molecule is COc1ncccc1C(Cc1cccc(Cl)c1F)NN. The van der Waals surface area contributed by atoms with Gasteiger partial charge in [0.2, 0.25) is 5.88 Å². The number of nitrogens with zero attached hydrogens (tertiary/aromatic N) is 1. The molecule has 0 saturated carbocycles. The van der Waals surface area contributed by atoms with E-state index in [-0.39, 0.29) is 11.1 Å². The standard InChI is InChI=1S/C14H15ClFN3O/c1-20-14-10(5-3-7-18-14)12(19-17)8-9-4-2-6-11(15)13(9)16/h2-7,12,19H,8,17H2,1H3. The van der Waals surface area contributed by atoms with Crippen molar-refractivity contribution in [2.24, 2.45) is 5.84 Å². The van der Waals surface area contributed by atoms with Gasteiger partial charge in [0.15, 0.2) is 0 Å². The maximum absolute atomic E-state index is 13.9. The summed E-state index contributed by atoms with van der Waals surface area (Å²) in [5, 5.41) is 0.0939. The highest BCUT2D eigenvalue weighted by Gasteiger charge is 2.18. The van der Waals surface area contributed by atoms with Gasteiger partial charge in [-0.25, -0.2) is 9.37 Å². The molecule has 1 aromatic carbocycles. The summed E-state index contributed by atoms with van der Waals surface area (Å²) in [7, 11) is 1.53. The lowest BCUT2D eigenvalue weighted by molar-refractivity contribution is 0.382. The molecule has 0 amide bonds. The van der Waals surface area contributed by atoms with Crippen molar-refractivity contribution in [1.29, 1.82) is 0 Å². The first-order chi connectivity index (χ1) is 9.67. The number of methoxy groups -OCH3 is 1. The van der Waals surface area contributed by atoms with Crippen LogP contribution in [0.5, 0.6) is 5.88 Å². The van der Waals surface area contributed by atoms with Crippen LogP contribution in [0.25, 0.3) is 0 Å². The predicted molar refractivity (Wildman–Crippen MR) is 76.0 cm³/mol. The molecule has 3 N–H and O–H groups in total. The second kappa shape index (κ2) is 6.65. The van der Waals surface area contributed by atoms with Crippen molar-refractivity contribution in [2.45, 2.75) is 12.5 Å². The van der Waals surface area contributed by atoms with Crippen LogP contribution in [0.15, 0.2) is 36.5 Å². The highest BCUT2D eigenvalue weighted by Crippen LogP contribution is 2.27. The van der Waals surface area contributed by atoms with Crippen LogP contribution in [0, 0.1) is 5.82 Å². The van der Waals surface area contributed by atoms with Gasteiger partial charge in [0, 0.05) is 11.8 Å². The van der Waals surface area contributed by atoms with Crippen molar-refractivity contribution in [3.8, 4) is 5.88 Å². The third-order valence-electron chi connectivity index (χ3n) is 3.03. The Bertz CT molecular complexity index is 594. The summed E-state index contributed by atoms with van der Waals surface area (Å²) < 4.78 is 19.1. The molecular formula is C14H15ClFN3O. The molecule has 0 saturated heterocycles. The van der Waals surface area contributed by atoms with Crippen LogP contribution in [0.2, 0.25) is 5.02 Å². The van der Waals surface area contributed by atoms with E-state index in [1.807, 2.05) is 6.07 Å². The van der Waals surface area contributed by atoms with Crippen LogP contribution in [0.3, 0.4) is 0 Å². The fourth-order valence-corrected chi connectivity index (χ4v) is 2.22. The molecule has 2 aromatic rings. The van der Waals surface area contributed by atoms with Crippen LogP contribution in [-0.4, -0.2) is 12.1 Å². The Labute approximate surface area is 121 Å². The van der Waals surface area contributed by atoms with E-state index >= 15 is 0 Å². The summed E-state index contributed by atoms with van der Waals surface area (Å²) in [6.07, 6.45) is 1.96. The van der Waals surface area contributed by atoms with Gasteiger partial charge < -0.3 is 4.74 Å². The molecule has 0 aliphatic rings. The molecule has 1 unspecified atom stereocenters. The van der Waals surface area contributed by atoms with E-state index in [9.17, 15) is 4.39 Å². The van der Waals surface area contributed by atoms with Crippen LogP contribution in [-0.2, 0) is 6.42 Å². The van der Waals surface area contributed by atoms with E-state index < -0.39 is 5.82 Å². The van der Waals surface area contributed by atoms with Gasteiger partial charge >= 0.3 is 0 Å². The van der Waals surface area contributed by atoms with Crippen molar-refractivity contribution < 1.29 is 9.13 Å². The lowest BCUT2D eigenvalue weighted by Gasteiger charge is -2.18. The monoisotopic (exact) mass is 295 g/mol. The number of hydrogen-bond donors (Lipinski definition) is 2. The molecule has 0 spiro atoms. The topological polar surface area (TPSA) is 60.2 Å². The zero-order chi connectivity index (χ0) is 14.5. The molecule has 0 fully saturated rings.